The fourth-order valence-corrected chi connectivity index (χ4v) is 3.68. The molecule has 0 atom stereocenters. The number of aromatic nitrogens is 1. The van der Waals surface area contributed by atoms with Crippen LogP contribution in [0.15, 0.2) is 28.7 Å². The second kappa shape index (κ2) is 6.52. The number of unbranched alkanes of at least 4 members (excludes halogenated alkanes) is 1. The number of carbonyl (C=O) groups excluding carboxylic acids is 1. The van der Waals surface area contributed by atoms with E-state index in [-0.39, 0.29) is 5.91 Å². The van der Waals surface area contributed by atoms with E-state index >= 15 is 0 Å². The summed E-state index contributed by atoms with van der Waals surface area (Å²) in [7, 11) is 0. The van der Waals surface area contributed by atoms with Crippen LogP contribution in [0.25, 0.3) is 11.1 Å². The van der Waals surface area contributed by atoms with Crippen LogP contribution in [0.2, 0.25) is 0 Å². The highest BCUT2D eigenvalue weighted by molar-refractivity contribution is 9.10. The molecule has 1 amide bonds. The van der Waals surface area contributed by atoms with E-state index < -0.39 is 0 Å². The van der Waals surface area contributed by atoms with Gasteiger partial charge in [-0.15, -0.1) is 0 Å². The van der Waals surface area contributed by atoms with E-state index in [1.165, 1.54) is 18.5 Å². The van der Waals surface area contributed by atoms with Crippen molar-refractivity contribution in [2.45, 2.75) is 52.0 Å². The van der Waals surface area contributed by atoms with E-state index in [1.54, 1.807) is 0 Å². The third-order valence-corrected chi connectivity index (χ3v) is 5.14. The number of primary amides is 1. The van der Waals surface area contributed by atoms with E-state index in [9.17, 15) is 4.79 Å². The smallest absolute Gasteiger partial charge is 0.251 e. The average Bonchev–Trinajstić information content (AvgIpc) is 3.30. The molecule has 122 valence electrons. The summed E-state index contributed by atoms with van der Waals surface area (Å²) in [5, 5.41) is 0. The minimum absolute atomic E-state index is 0.322. The number of halogens is 1. The maximum absolute atomic E-state index is 12.2. The van der Waals surface area contributed by atoms with Crippen LogP contribution in [0.3, 0.4) is 0 Å². The monoisotopic (exact) mass is 374 g/mol. The molecular weight excluding hydrogens is 352 g/mol. The molecule has 0 spiro atoms. The molecule has 1 aromatic carbocycles. The predicted octanol–water partition coefficient (Wildman–Crippen LogP) is 5.00. The number of nitrogens with zero attached hydrogens (tertiary/aromatic N) is 1. The van der Waals surface area contributed by atoms with Gasteiger partial charge in [-0.25, -0.2) is 0 Å². The van der Waals surface area contributed by atoms with Gasteiger partial charge in [-0.1, -0.05) is 41.4 Å². The summed E-state index contributed by atoms with van der Waals surface area (Å²) in [6, 6.07) is 8.72. The molecular formula is C19H23BrN2O. The van der Waals surface area contributed by atoms with E-state index in [4.69, 9.17) is 5.73 Å². The van der Waals surface area contributed by atoms with E-state index in [1.807, 2.05) is 19.1 Å². The molecule has 0 saturated heterocycles. The summed E-state index contributed by atoms with van der Waals surface area (Å²) in [6.45, 7) is 4.24. The van der Waals surface area contributed by atoms with Gasteiger partial charge in [0.2, 0.25) is 0 Å². The molecule has 1 aliphatic carbocycles. The number of rotatable bonds is 6. The minimum atomic E-state index is -0.322. The van der Waals surface area contributed by atoms with Crippen molar-refractivity contribution in [3.05, 3.63) is 45.7 Å². The third kappa shape index (κ3) is 3.09. The van der Waals surface area contributed by atoms with Gasteiger partial charge in [-0.2, -0.15) is 0 Å². The molecule has 23 heavy (non-hydrogen) atoms. The molecule has 1 aromatic heterocycles. The van der Waals surface area contributed by atoms with Gasteiger partial charge in [0, 0.05) is 27.5 Å². The fourth-order valence-electron chi connectivity index (χ4n) is 3.41. The molecule has 3 nitrogen and oxygen atoms in total. The number of hydrogen-bond acceptors (Lipinski definition) is 1. The van der Waals surface area contributed by atoms with Crippen LogP contribution in [0.5, 0.6) is 0 Å². The first kappa shape index (κ1) is 16.3. The van der Waals surface area contributed by atoms with Gasteiger partial charge in [-0.05, 0) is 50.3 Å². The average molecular weight is 375 g/mol. The highest BCUT2D eigenvalue weighted by Crippen LogP contribution is 2.43. The van der Waals surface area contributed by atoms with Gasteiger partial charge < -0.3 is 10.3 Å². The first-order valence-electron chi connectivity index (χ1n) is 8.34. The van der Waals surface area contributed by atoms with Crippen LogP contribution in [-0.2, 0) is 6.42 Å². The lowest BCUT2D eigenvalue weighted by atomic mass is 9.98. The highest BCUT2D eigenvalue weighted by Gasteiger charge is 2.32. The van der Waals surface area contributed by atoms with E-state index in [2.05, 4.69) is 39.6 Å². The first-order valence-corrected chi connectivity index (χ1v) is 9.13. The van der Waals surface area contributed by atoms with Gasteiger partial charge in [-0.3, -0.25) is 4.79 Å². The van der Waals surface area contributed by atoms with Crippen molar-refractivity contribution in [2.24, 2.45) is 5.73 Å². The largest absolute Gasteiger partial charge is 0.366 e. The molecule has 1 fully saturated rings. The van der Waals surface area contributed by atoms with E-state index in [0.29, 0.717) is 11.6 Å². The molecule has 0 aliphatic heterocycles. The number of carbonyl (C=O) groups is 1. The molecule has 0 bridgehead atoms. The second-order valence-electron chi connectivity index (χ2n) is 6.36. The van der Waals surface area contributed by atoms with Crippen LogP contribution >= 0.6 is 15.9 Å². The molecule has 0 radical (unpaired) electrons. The third-order valence-electron chi connectivity index (χ3n) is 4.61. The van der Waals surface area contributed by atoms with Crippen molar-refractivity contribution in [3.8, 4) is 11.1 Å². The molecule has 0 unspecified atom stereocenters. The number of hydrogen-bond donors (Lipinski definition) is 1. The number of amides is 1. The summed E-state index contributed by atoms with van der Waals surface area (Å²) < 4.78 is 3.42. The molecule has 1 heterocycles. The van der Waals surface area contributed by atoms with Crippen LogP contribution in [0, 0.1) is 6.92 Å². The Labute approximate surface area is 146 Å². The predicted molar refractivity (Wildman–Crippen MR) is 97.7 cm³/mol. The SMILES string of the molecule is CCCCc1c(-c2ccc(Br)cc2)c(C(N)=O)c(C)n1C1CC1. The van der Waals surface area contributed by atoms with Crippen molar-refractivity contribution in [1.29, 1.82) is 0 Å². The van der Waals surface area contributed by atoms with Crippen molar-refractivity contribution < 1.29 is 4.79 Å². The lowest BCUT2D eigenvalue weighted by molar-refractivity contribution is 0.1000. The Morgan fingerprint density at radius 2 is 1.96 bits per heavy atom. The zero-order chi connectivity index (χ0) is 16.6. The molecule has 4 heteroatoms. The molecule has 2 N–H and O–H groups in total. The Morgan fingerprint density at radius 1 is 1.30 bits per heavy atom. The van der Waals surface area contributed by atoms with Crippen molar-refractivity contribution in [2.75, 3.05) is 0 Å². The Balaban J connectivity index is 2.23. The zero-order valence-electron chi connectivity index (χ0n) is 13.7. The van der Waals surface area contributed by atoms with Crippen LogP contribution in [0.1, 0.15) is 60.4 Å². The fraction of sp³-hybridized carbons (Fsp3) is 0.421. The lowest BCUT2D eigenvalue weighted by Crippen LogP contribution is -2.13. The van der Waals surface area contributed by atoms with Crippen LogP contribution in [-0.4, -0.2) is 10.5 Å². The quantitative estimate of drug-likeness (QED) is 0.759. The van der Waals surface area contributed by atoms with Crippen molar-refractivity contribution in [1.82, 2.24) is 4.57 Å². The Kier molecular flexibility index (Phi) is 4.62. The normalized spacial score (nSPS) is 14.2. The zero-order valence-corrected chi connectivity index (χ0v) is 15.3. The summed E-state index contributed by atoms with van der Waals surface area (Å²) in [4.78, 5) is 12.2. The lowest BCUT2D eigenvalue weighted by Gasteiger charge is -2.12. The summed E-state index contributed by atoms with van der Waals surface area (Å²) >= 11 is 3.48. The summed E-state index contributed by atoms with van der Waals surface area (Å²) in [5.74, 6) is -0.322. The number of nitrogens with two attached hydrogens (primary N) is 1. The molecule has 1 saturated carbocycles. The molecule has 1 aliphatic rings. The molecule has 3 rings (SSSR count). The minimum Gasteiger partial charge on any atom is -0.366 e. The van der Waals surface area contributed by atoms with Gasteiger partial charge in [0.1, 0.15) is 0 Å². The molecule has 2 aromatic rings. The standard InChI is InChI=1S/C19H23BrN2O/c1-3-4-5-16-18(13-6-8-14(20)9-7-13)17(19(21)23)12(2)22(16)15-10-11-15/h6-9,15H,3-5,10-11H2,1-2H3,(H2,21,23). The Bertz CT molecular complexity index is 727. The summed E-state index contributed by atoms with van der Waals surface area (Å²) in [5.41, 5.74) is 10.9. The van der Waals surface area contributed by atoms with Crippen LogP contribution in [0.4, 0.5) is 0 Å². The van der Waals surface area contributed by atoms with Crippen molar-refractivity contribution in [3.63, 3.8) is 0 Å². The maximum Gasteiger partial charge on any atom is 0.251 e. The van der Waals surface area contributed by atoms with Gasteiger partial charge in [0.15, 0.2) is 0 Å². The first-order chi connectivity index (χ1) is 11.0. The van der Waals surface area contributed by atoms with Crippen LogP contribution < -0.4 is 5.73 Å². The van der Waals surface area contributed by atoms with E-state index in [0.717, 1.165) is 40.6 Å². The number of benzene rings is 1. The highest BCUT2D eigenvalue weighted by atomic mass is 79.9. The van der Waals surface area contributed by atoms with Gasteiger partial charge in [0.05, 0.1) is 5.56 Å². The second-order valence-corrected chi connectivity index (χ2v) is 7.27. The topological polar surface area (TPSA) is 48.0 Å². The Morgan fingerprint density at radius 3 is 2.48 bits per heavy atom. The maximum atomic E-state index is 12.2. The van der Waals surface area contributed by atoms with Gasteiger partial charge >= 0.3 is 0 Å². The van der Waals surface area contributed by atoms with Crippen molar-refractivity contribution >= 4 is 21.8 Å². The van der Waals surface area contributed by atoms with Gasteiger partial charge in [0.25, 0.3) is 5.91 Å². The Hall–Kier alpha value is -1.55. The summed E-state index contributed by atoms with van der Waals surface area (Å²) in [6.07, 6.45) is 5.66.